The summed E-state index contributed by atoms with van der Waals surface area (Å²) in [5.74, 6) is 0.114. The third-order valence-corrected chi connectivity index (χ3v) is 2.27. The number of carbonyl (C=O) groups excluding carboxylic acids is 1. The molecule has 1 fully saturated rings. The Hall–Kier alpha value is -0.830. The van der Waals surface area contributed by atoms with E-state index in [2.05, 4.69) is 0 Å². The van der Waals surface area contributed by atoms with E-state index >= 15 is 0 Å². The summed E-state index contributed by atoms with van der Waals surface area (Å²) in [6.45, 7) is 8.14. The van der Waals surface area contributed by atoms with Crippen LogP contribution in [0.1, 0.15) is 27.2 Å². The lowest BCUT2D eigenvalue weighted by atomic mass is 10.2. The lowest BCUT2D eigenvalue weighted by molar-refractivity contribution is -0.128. The smallest absolute Gasteiger partial charge is 0.246 e. The standard InChI is InChI=1S/C11H19NO2/c1-9(2)7-11(13)12-5-4-6-14-8-10(12)3/h7,10H,4-6,8H2,1-3H3. The zero-order valence-electron chi connectivity index (χ0n) is 9.25. The third kappa shape index (κ3) is 3.14. The molecule has 1 rings (SSSR count). The van der Waals surface area contributed by atoms with Crippen molar-refractivity contribution in [3.05, 3.63) is 11.6 Å². The number of allylic oxidation sites excluding steroid dienone is 1. The van der Waals surface area contributed by atoms with Crippen LogP contribution in [0.25, 0.3) is 0 Å². The SMILES string of the molecule is CC(C)=CC(=O)N1CCCOCC1C. The zero-order chi connectivity index (χ0) is 10.6. The van der Waals surface area contributed by atoms with E-state index < -0.39 is 0 Å². The highest BCUT2D eigenvalue weighted by molar-refractivity contribution is 5.88. The number of nitrogens with zero attached hydrogens (tertiary/aromatic N) is 1. The van der Waals surface area contributed by atoms with Gasteiger partial charge in [0.15, 0.2) is 0 Å². The molecule has 3 heteroatoms. The summed E-state index contributed by atoms with van der Waals surface area (Å²) < 4.78 is 5.38. The van der Waals surface area contributed by atoms with Crippen molar-refractivity contribution in [1.82, 2.24) is 4.90 Å². The molecular weight excluding hydrogens is 178 g/mol. The Morgan fingerprint density at radius 3 is 2.86 bits per heavy atom. The van der Waals surface area contributed by atoms with Gasteiger partial charge >= 0.3 is 0 Å². The van der Waals surface area contributed by atoms with Gasteiger partial charge in [-0.25, -0.2) is 0 Å². The van der Waals surface area contributed by atoms with Crippen molar-refractivity contribution in [2.45, 2.75) is 33.2 Å². The molecule has 14 heavy (non-hydrogen) atoms. The minimum absolute atomic E-state index is 0.114. The van der Waals surface area contributed by atoms with Crippen LogP contribution < -0.4 is 0 Å². The molecule has 1 saturated heterocycles. The van der Waals surface area contributed by atoms with Crippen LogP contribution in [0, 0.1) is 0 Å². The molecule has 0 aliphatic carbocycles. The molecular formula is C11H19NO2. The van der Waals surface area contributed by atoms with Gasteiger partial charge in [0.05, 0.1) is 12.6 Å². The number of hydrogen-bond donors (Lipinski definition) is 0. The average Bonchev–Trinajstić information content (AvgIpc) is 2.28. The highest BCUT2D eigenvalue weighted by atomic mass is 16.5. The minimum atomic E-state index is 0.114. The monoisotopic (exact) mass is 197 g/mol. The number of amides is 1. The van der Waals surface area contributed by atoms with E-state index in [9.17, 15) is 4.79 Å². The van der Waals surface area contributed by atoms with Crippen molar-refractivity contribution in [2.75, 3.05) is 19.8 Å². The summed E-state index contributed by atoms with van der Waals surface area (Å²) in [5, 5.41) is 0. The molecule has 0 spiro atoms. The third-order valence-electron chi connectivity index (χ3n) is 2.27. The average molecular weight is 197 g/mol. The first kappa shape index (κ1) is 11.2. The lowest BCUT2D eigenvalue weighted by Gasteiger charge is -2.25. The van der Waals surface area contributed by atoms with Crippen LogP contribution in [-0.4, -0.2) is 36.6 Å². The molecule has 1 aliphatic rings. The number of carbonyl (C=O) groups is 1. The summed E-state index contributed by atoms with van der Waals surface area (Å²) >= 11 is 0. The van der Waals surface area contributed by atoms with Gasteiger partial charge in [-0.1, -0.05) is 5.57 Å². The van der Waals surface area contributed by atoms with E-state index in [0.29, 0.717) is 6.61 Å². The molecule has 0 radical (unpaired) electrons. The molecule has 0 aromatic heterocycles. The molecule has 0 bridgehead atoms. The van der Waals surface area contributed by atoms with Gasteiger partial charge in [-0.2, -0.15) is 0 Å². The van der Waals surface area contributed by atoms with Crippen LogP contribution in [0.5, 0.6) is 0 Å². The van der Waals surface area contributed by atoms with Gasteiger partial charge in [0, 0.05) is 19.2 Å². The summed E-state index contributed by atoms with van der Waals surface area (Å²) in [5.41, 5.74) is 1.05. The first-order valence-corrected chi connectivity index (χ1v) is 5.14. The molecule has 3 nitrogen and oxygen atoms in total. The van der Waals surface area contributed by atoms with Crippen LogP contribution in [0.15, 0.2) is 11.6 Å². The van der Waals surface area contributed by atoms with Crippen molar-refractivity contribution < 1.29 is 9.53 Å². The second kappa shape index (κ2) is 5.15. The predicted octanol–water partition coefficient (Wildman–Crippen LogP) is 1.59. The molecule has 1 unspecified atom stereocenters. The molecule has 1 heterocycles. The fourth-order valence-corrected chi connectivity index (χ4v) is 1.56. The van der Waals surface area contributed by atoms with E-state index in [4.69, 9.17) is 4.74 Å². The lowest BCUT2D eigenvalue weighted by Crippen LogP contribution is -2.39. The Morgan fingerprint density at radius 1 is 1.50 bits per heavy atom. The molecule has 0 aromatic rings. The first-order valence-electron chi connectivity index (χ1n) is 5.14. The van der Waals surface area contributed by atoms with Gasteiger partial charge in [0.2, 0.25) is 5.91 Å². The molecule has 1 aliphatic heterocycles. The van der Waals surface area contributed by atoms with Crippen molar-refractivity contribution in [3.63, 3.8) is 0 Å². The Morgan fingerprint density at radius 2 is 2.21 bits per heavy atom. The van der Waals surface area contributed by atoms with Gasteiger partial charge in [-0.05, 0) is 27.2 Å². The van der Waals surface area contributed by atoms with Crippen molar-refractivity contribution in [3.8, 4) is 0 Å². The molecule has 0 aromatic carbocycles. The Kier molecular flexibility index (Phi) is 4.14. The van der Waals surface area contributed by atoms with E-state index in [1.165, 1.54) is 0 Å². The zero-order valence-corrected chi connectivity index (χ0v) is 9.25. The van der Waals surface area contributed by atoms with E-state index in [0.717, 1.165) is 25.1 Å². The number of hydrogen-bond acceptors (Lipinski definition) is 2. The van der Waals surface area contributed by atoms with Crippen molar-refractivity contribution >= 4 is 5.91 Å². The number of rotatable bonds is 1. The van der Waals surface area contributed by atoms with Crippen LogP contribution in [0.3, 0.4) is 0 Å². The normalized spacial score (nSPS) is 22.8. The van der Waals surface area contributed by atoms with E-state index in [-0.39, 0.29) is 11.9 Å². The van der Waals surface area contributed by atoms with E-state index in [1.54, 1.807) is 6.08 Å². The minimum Gasteiger partial charge on any atom is -0.379 e. The van der Waals surface area contributed by atoms with Gasteiger partial charge in [0.25, 0.3) is 0 Å². The molecule has 80 valence electrons. The topological polar surface area (TPSA) is 29.5 Å². The Labute approximate surface area is 85.7 Å². The van der Waals surface area contributed by atoms with Gasteiger partial charge in [-0.3, -0.25) is 4.79 Å². The summed E-state index contributed by atoms with van der Waals surface area (Å²) in [6.07, 6.45) is 2.63. The largest absolute Gasteiger partial charge is 0.379 e. The molecule has 1 amide bonds. The van der Waals surface area contributed by atoms with Crippen LogP contribution >= 0.6 is 0 Å². The van der Waals surface area contributed by atoms with Gasteiger partial charge in [0.1, 0.15) is 0 Å². The maximum absolute atomic E-state index is 11.8. The maximum Gasteiger partial charge on any atom is 0.246 e. The number of ether oxygens (including phenoxy) is 1. The fourth-order valence-electron chi connectivity index (χ4n) is 1.56. The first-order chi connectivity index (χ1) is 6.61. The molecule has 0 saturated carbocycles. The highest BCUT2D eigenvalue weighted by Gasteiger charge is 2.20. The quantitative estimate of drug-likeness (QED) is 0.597. The second-order valence-corrected chi connectivity index (χ2v) is 4.03. The Bertz CT molecular complexity index is 231. The molecule has 1 atom stereocenters. The summed E-state index contributed by atoms with van der Waals surface area (Å²) in [4.78, 5) is 13.7. The van der Waals surface area contributed by atoms with E-state index in [1.807, 2.05) is 25.7 Å². The van der Waals surface area contributed by atoms with Crippen molar-refractivity contribution in [1.29, 1.82) is 0 Å². The van der Waals surface area contributed by atoms with Gasteiger partial charge in [-0.15, -0.1) is 0 Å². The Balaban J connectivity index is 2.63. The van der Waals surface area contributed by atoms with Crippen molar-refractivity contribution in [2.24, 2.45) is 0 Å². The summed E-state index contributed by atoms with van der Waals surface area (Å²) in [7, 11) is 0. The van der Waals surface area contributed by atoms with Crippen LogP contribution in [0.4, 0.5) is 0 Å². The fraction of sp³-hybridized carbons (Fsp3) is 0.727. The van der Waals surface area contributed by atoms with Crippen LogP contribution in [0.2, 0.25) is 0 Å². The highest BCUT2D eigenvalue weighted by Crippen LogP contribution is 2.08. The van der Waals surface area contributed by atoms with Gasteiger partial charge < -0.3 is 9.64 Å². The maximum atomic E-state index is 11.8. The predicted molar refractivity (Wildman–Crippen MR) is 56.0 cm³/mol. The molecule has 0 N–H and O–H groups in total. The second-order valence-electron chi connectivity index (χ2n) is 4.03. The van der Waals surface area contributed by atoms with Crippen LogP contribution in [-0.2, 0) is 9.53 Å². The summed E-state index contributed by atoms with van der Waals surface area (Å²) in [6, 6.07) is 0.195.